The predicted molar refractivity (Wildman–Crippen MR) is 91.8 cm³/mol. The number of ether oxygens (including phenoxy) is 1. The molecule has 0 aliphatic rings. The third-order valence-corrected chi connectivity index (χ3v) is 4.19. The number of carbonyl (C=O) groups excluding carboxylic acids is 1. The van der Waals surface area contributed by atoms with E-state index in [-0.39, 0.29) is 27.8 Å². The molecule has 1 amide bonds. The van der Waals surface area contributed by atoms with Crippen molar-refractivity contribution in [2.45, 2.75) is 0 Å². The average molecular weight is 376 g/mol. The number of anilines is 1. The standard InChI is InChI=1S/C17H10F2N2O4S/c18-10-5-6-12(11(19)9-10)20-17(22)16-15(7-8-26-16)25-14-4-2-1-3-13(14)21(23)24/h1-9H,(H,20,22). The van der Waals surface area contributed by atoms with Gasteiger partial charge >= 0.3 is 5.69 Å². The number of carbonyl (C=O) groups is 1. The van der Waals surface area contributed by atoms with Crippen LogP contribution in [-0.4, -0.2) is 10.8 Å². The Morgan fingerprint density at radius 1 is 1.12 bits per heavy atom. The lowest BCUT2D eigenvalue weighted by atomic mass is 10.3. The highest BCUT2D eigenvalue weighted by molar-refractivity contribution is 7.12. The van der Waals surface area contributed by atoms with Crippen molar-refractivity contribution in [1.29, 1.82) is 0 Å². The van der Waals surface area contributed by atoms with Crippen molar-refractivity contribution in [3.05, 3.63) is 80.5 Å². The summed E-state index contributed by atoms with van der Waals surface area (Å²) in [7, 11) is 0. The topological polar surface area (TPSA) is 81.5 Å². The van der Waals surface area contributed by atoms with Gasteiger partial charge in [-0.15, -0.1) is 11.3 Å². The Hall–Kier alpha value is -3.33. The summed E-state index contributed by atoms with van der Waals surface area (Å²) in [6.07, 6.45) is 0. The van der Waals surface area contributed by atoms with Crippen LogP contribution in [0.2, 0.25) is 0 Å². The fourth-order valence-electron chi connectivity index (χ4n) is 2.13. The molecule has 6 nitrogen and oxygen atoms in total. The van der Waals surface area contributed by atoms with Gasteiger partial charge < -0.3 is 10.1 Å². The minimum Gasteiger partial charge on any atom is -0.448 e. The quantitative estimate of drug-likeness (QED) is 0.503. The zero-order valence-electron chi connectivity index (χ0n) is 12.9. The molecule has 1 aromatic heterocycles. The van der Waals surface area contributed by atoms with Crippen molar-refractivity contribution in [3.8, 4) is 11.5 Å². The van der Waals surface area contributed by atoms with E-state index in [1.54, 1.807) is 11.4 Å². The number of halogens is 2. The van der Waals surface area contributed by atoms with Crippen LogP contribution in [0.5, 0.6) is 11.5 Å². The molecule has 0 aliphatic heterocycles. The van der Waals surface area contributed by atoms with E-state index >= 15 is 0 Å². The predicted octanol–water partition coefficient (Wildman–Crippen LogP) is 4.98. The van der Waals surface area contributed by atoms with Gasteiger partial charge in [-0.25, -0.2) is 8.78 Å². The van der Waals surface area contributed by atoms with Crippen molar-refractivity contribution in [2.24, 2.45) is 0 Å². The van der Waals surface area contributed by atoms with E-state index in [4.69, 9.17) is 4.74 Å². The van der Waals surface area contributed by atoms with Crippen molar-refractivity contribution in [2.75, 3.05) is 5.32 Å². The molecule has 0 atom stereocenters. The van der Waals surface area contributed by atoms with Gasteiger partial charge in [0.1, 0.15) is 16.5 Å². The van der Waals surface area contributed by atoms with Crippen LogP contribution in [0.1, 0.15) is 9.67 Å². The lowest BCUT2D eigenvalue weighted by molar-refractivity contribution is -0.385. The normalized spacial score (nSPS) is 10.4. The minimum atomic E-state index is -0.920. The molecular weight excluding hydrogens is 366 g/mol. The number of rotatable bonds is 5. The Labute approximate surface area is 149 Å². The van der Waals surface area contributed by atoms with Crippen LogP contribution in [0.4, 0.5) is 20.2 Å². The zero-order valence-corrected chi connectivity index (χ0v) is 13.8. The smallest absolute Gasteiger partial charge is 0.311 e. The first kappa shape index (κ1) is 17.5. The van der Waals surface area contributed by atoms with Gasteiger partial charge in [-0.1, -0.05) is 12.1 Å². The van der Waals surface area contributed by atoms with Gasteiger partial charge in [0.25, 0.3) is 5.91 Å². The number of benzene rings is 2. The highest BCUT2D eigenvalue weighted by atomic mass is 32.1. The second-order valence-electron chi connectivity index (χ2n) is 5.02. The SMILES string of the molecule is O=C(Nc1ccc(F)cc1F)c1sccc1Oc1ccccc1[N+](=O)[O-]. The molecule has 0 bridgehead atoms. The van der Waals surface area contributed by atoms with Crippen LogP contribution in [0.25, 0.3) is 0 Å². The number of nitrogens with one attached hydrogen (secondary N) is 1. The Balaban J connectivity index is 1.85. The Kier molecular flexibility index (Phi) is 4.90. The van der Waals surface area contributed by atoms with E-state index in [0.29, 0.717) is 6.07 Å². The number of nitrogens with zero attached hydrogens (tertiary/aromatic N) is 1. The van der Waals surface area contributed by atoms with Crippen LogP contribution in [0.15, 0.2) is 53.9 Å². The minimum absolute atomic E-state index is 0.0297. The largest absolute Gasteiger partial charge is 0.448 e. The molecule has 0 fully saturated rings. The number of nitro groups is 1. The third kappa shape index (κ3) is 3.67. The molecule has 26 heavy (non-hydrogen) atoms. The summed E-state index contributed by atoms with van der Waals surface area (Å²) in [4.78, 5) is 22.9. The molecule has 2 aromatic carbocycles. The van der Waals surface area contributed by atoms with Gasteiger partial charge in [-0.2, -0.15) is 0 Å². The van der Waals surface area contributed by atoms with Gasteiger partial charge in [0, 0.05) is 12.1 Å². The molecule has 0 aliphatic carbocycles. The number of nitro benzene ring substituents is 1. The van der Waals surface area contributed by atoms with Crippen molar-refractivity contribution in [1.82, 2.24) is 0 Å². The summed E-state index contributed by atoms with van der Waals surface area (Å²) in [5.74, 6) is -2.31. The molecule has 3 rings (SSSR count). The van der Waals surface area contributed by atoms with E-state index < -0.39 is 22.5 Å². The van der Waals surface area contributed by atoms with Crippen LogP contribution >= 0.6 is 11.3 Å². The molecule has 0 spiro atoms. The van der Waals surface area contributed by atoms with E-state index in [1.807, 2.05) is 0 Å². The first-order chi connectivity index (χ1) is 12.5. The molecule has 0 unspecified atom stereocenters. The second kappa shape index (κ2) is 7.28. The van der Waals surface area contributed by atoms with Crippen LogP contribution in [0.3, 0.4) is 0 Å². The third-order valence-electron chi connectivity index (χ3n) is 3.30. The summed E-state index contributed by atoms with van der Waals surface area (Å²) in [6, 6.07) is 9.95. The molecule has 132 valence electrons. The van der Waals surface area contributed by atoms with Crippen LogP contribution in [0, 0.1) is 21.7 Å². The first-order valence-electron chi connectivity index (χ1n) is 7.21. The average Bonchev–Trinajstić information content (AvgIpc) is 3.06. The van der Waals surface area contributed by atoms with Gasteiger partial charge in [-0.3, -0.25) is 14.9 Å². The maximum absolute atomic E-state index is 13.7. The fourth-order valence-corrected chi connectivity index (χ4v) is 2.84. The molecule has 0 saturated carbocycles. The molecule has 9 heteroatoms. The lowest BCUT2D eigenvalue weighted by Crippen LogP contribution is -2.12. The van der Waals surface area contributed by atoms with Gasteiger partial charge in [0.2, 0.25) is 5.75 Å². The van der Waals surface area contributed by atoms with Crippen molar-refractivity contribution >= 4 is 28.6 Å². The summed E-state index contributed by atoms with van der Waals surface area (Å²) < 4.78 is 32.1. The van der Waals surface area contributed by atoms with E-state index in [2.05, 4.69) is 5.32 Å². The molecule has 1 heterocycles. The Morgan fingerprint density at radius 3 is 2.62 bits per heavy atom. The van der Waals surface area contributed by atoms with E-state index in [1.165, 1.54) is 24.3 Å². The fraction of sp³-hybridized carbons (Fsp3) is 0. The van der Waals surface area contributed by atoms with Crippen molar-refractivity contribution < 1.29 is 23.2 Å². The maximum Gasteiger partial charge on any atom is 0.311 e. The number of hydrogen-bond acceptors (Lipinski definition) is 5. The highest BCUT2D eigenvalue weighted by Crippen LogP contribution is 2.35. The van der Waals surface area contributed by atoms with Gasteiger partial charge in [-0.05, 0) is 29.6 Å². The summed E-state index contributed by atoms with van der Waals surface area (Å²) in [6.45, 7) is 0. The summed E-state index contributed by atoms with van der Waals surface area (Å²) in [5, 5.41) is 14.9. The van der Waals surface area contributed by atoms with Gasteiger partial charge in [0.15, 0.2) is 5.75 Å². The number of para-hydroxylation sites is 2. The Morgan fingerprint density at radius 2 is 1.88 bits per heavy atom. The lowest BCUT2D eigenvalue weighted by Gasteiger charge is -2.08. The monoisotopic (exact) mass is 376 g/mol. The summed E-state index contributed by atoms with van der Waals surface area (Å²) >= 11 is 1.02. The molecule has 1 N–H and O–H groups in total. The summed E-state index contributed by atoms with van der Waals surface area (Å²) in [5.41, 5.74) is -0.448. The zero-order chi connectivity index (χ0) is 18.7. The number of thiophene rings is 1. The van der Waals surface area contributed by atoms with Crippen LogP contribution < -0.4 is 10.1 Å². The molecule has 3 aromatic rings. The van der Waals surface area contributed by atoms with E-state index in [9.17, 15) is 23.7 Å². The second-order valence-corrected chi connectivity index (χ2v) is 5.94. The molecular formula is C17H10F2N2O4S. The number of hydrogen-bond donors (Lipinski definition) is 1. The maximum atomic E-state index is 13.7. The van der Waals surface area contributed by atoms with Crippen LogP contribution in [-0.2, 0) is 0 Å². The van der Waals surface area contributed by atoms with E-state index in [0.717, 1.165) is 23.5 Å². The molecule has 0 radical (unpaired) electrons. The highest BCUT2D eigenvalue weighted by Gasteiger charge is 2.20. The first-order valence-corrected chi connectivity index (χ1v) is 8.09. The van der Waals surface area contributed by atoms with Crippen molar-refractivity contribution in [3.63, 3.8) is 0 Å². The molecule has 0 saturated heterocycles. The Bertz CT molecular complexity index is 990. The van der Waals surface area contributed by atoms with Gasteiger partial charge in [0.05, 0.1) is 10.6 Å². The number of amides is 1.